The van der Waals surface area contributed by atoms with Crippen LogP contribution in [0.3, 0.4) is 0 Å². The Balaban J connectivity index is 0.000000435. The van der Waals surface area contributed by atoms with Gasteiger partial charge in [-0.05, 0) is 242 Å². The highest BCUT2D eigenvalue weighted by Crippen LogP contribution is 2.59. The van der Waals surface area contributed by atoms with Gasteiger partial charge in [-0.15, -0.1) is 0 Å². The van der Waals surface area contributed by atoms with Crippen LogP contribution >= 0.6 is 0 Å². The van der Waals surface area contributed by atoms with Gasteiger partial charge in [-0.3, -0.25) is 4.79 Å². The number of fused-ring (bicyclic) bond motifs is 4. The molecule has 0 aromatic heterocycles. The quantitative estimate of drug-likeness (QED) is 0.0467. The molecule has 626 valence electrons. The minimum Gasteiger partial charge on any atom is -0.465 e. The summed E-state index contributed by atoms with van der Waals surface area (Å²) in [5.41, 5.74) is 5.58. The van der Waals surface area contributed by atoms with Gasteiger partial charge in [-0.25, -0.2) is 0 Å². The second kappa shape index (κ2) is 40.8. The number of halogens is 9. The van der Waals surface area contributed by atoms with Gasteiger partial charge in [0.15, 0.2) is 0 Å². The highest BCUT2D eigenvalue weighted by molar-refractivity contribution is 6.91. The van der Waals surface area contributed by atoms with E-state index in [4.69, 9.17) is 4.74 Å². The number of carbonyl (C=O) groups is 1. The molecule has 4 aromatic carbocycles. The van der Waals surface area contributed by atoms with Gasteiger partial charge < -0.3 is 9.84 Å². The number of aliphatic hydroxyl groups is 1. The standard InChI is InChI=1S/C18H30.C16H30Si2.C14H22.C13H18F6O.C12H15F3.C12H26O2Si.C9H16/c2*1-9-13(2)14-10-15(17(3,4)5)12-16(11-14)18(6,7)8;1-6-11(2)12-7-9-13(10-8-12)14(3,4)5;1-6-7(2)10-4-8(6)3-9(10)5-11(20,12(14,15)16)13(17,18)19;1-4-9(3)10-5-8(2)6-11(7-10)12(13,14)15;1-7-12(2,3)11(13)14-9-8-10-15(4,5)6;1-6-7(2)9-4-3-8(6)5-9/h2*10-13H,9H2,1-8H3;7-11H,6H2,1-5H3;6-10,20H,3-5H2,1-2H3;5-7,9H,4H2,1-3H3;7-10H2,1-6H3;6-9H,3-5H2,1-2H3. The summed E-state index contributed by atoms with van der Waals surface area (Å²) in [4.78, 5) is 11.6. The van der Waals surface area contributed by atoms with Crippen molar-refractivity contribution >= 4 is 40.6 Å². The highest BCUT2D eigenvalue weighted by Gasteiger charge is 2.71. The Morgan fingerprint density at radius 2 is 0.844 bits per heavy atom. The predicted molar refractivity (Wildman–Crippen MR) is 459 cm³/mol. The fraction of sp³-hybridized carbons (Fsp3) is 0.734. The Hall–Kier alpha value is -3.67. The Bertz CT molecular complexity index is 3180. The van der Waals surface area contributed by atoms with Crippen LogP contribution in [0, 0.1) is 65.6 Å². The van der Waals surface area contributed by atoms with Gasteiger partial charge in [-0.2, -0.15) is 39.5 Å². The number of carbonyl (C=O) groups excluding carboxylic acids is 1. The number of benzene rings is 4. The van der Waals surface area contributed by atoms with Gasteiger partial charge >= 0.3 is 24.5 Å². The molecule has 4 fully saturated rings. The van der Waals surface area contributed by atoms with E-state index in [9.17, 15) is 49.4 Å². The number of hydrogen-bond acceptors (Lipinski definition) is 3. The lowest BCUT2D eigenvalue weighted by Gasteiger charge is -2.39. The van der Waals surface area contributed by atoms with Crippen LogP contribution in [0.25, 0.3) is 0 Å². The largest absolute Gasteiger partial charge is 0.465 e. The first-order valence-corrected chi connectivity index (χ1v) is 52.6. The molecule has 13 unspecified atom stereocenters. The fourth-order valence-corrected chi connectivity index (χ4v) is 18.9. The van der Waals surface area contributed by atoms with Gasteiger partial charge in [0, 0.05) is 8.07 Å². The summed E-state index contributed by atoms with van der Waals surface area (Å²) in [5.74, 6) is 6.24. The average molecular weight is 1590 g/mol. The van der Waals surface area contributed by atoms with E-state index in [-0.39, 0.29) is 51.3 Å². The molecule has 0 heterocycles. The molecule has 13 atom stereocenters. The lowest BCUT2D eigenvalue weighted by Crippen LogP contribution is -2.58. The molecule has 4 aliphatic carbocycles. The van der Waals surface area contributed by atoms with E-state index in [1.54, 1.807) is 29.3 Å². The first-order valence-electron chi connectivity index (χ1n) is 41.9. The van der Waals surface area contributed by atoms with Crippen LogP contribution < -0.4 is 10.4 Å². The van der Waals surface area contributed by atoms with Crippen LogP contribution in [0.15, 0.2) is 78.9 Å². The maximum Gasteiger partial charge on any atom is 0.426 e. The van der Waals surface area contributed by atoms with Crippen molar-refractivity contribution < 1.29 is 54.2 Å². The molecule has 0 saturated heterocycles. The number of alkyl halides is 9. The van der Waals surface area contributed by atoms with Crippen LogP contribution in [0.1, 0.15) is 317 Å². The summed E-state index contributed by atoms with van der Waals surface area (Å²) in [7, 11) is -3.40. The third-order valence-corrected chi connectivity index (χ3v) is 31.3. The Labute approximate surface area is 664 Å². The zero-order valence-electron chi connectivity index (χ0n) is 75.1. The molecule has 3 nitrogen and oxygen atoms in total. The van der Waals surface area contributed by atoms with Crippen molar-refractivity contribution in [3.05, 3.63) is 129 Å². The second-order valence-corrected chi connectivity index (χ2v) is 56.7. The molecule has 109 heavy (non-hydrogen) atoms. The van der Waals surface area contributed by atoms with Crippen molar-refractivity contribution in [1.29, 1.82) is 0 Å². The van der Waals surface area contributed by atoms with Gasteiger partial charge in [0.1, 0.15) is 0 Å². The molecule has 4 saturated carbocycles. The van der Waals surface area contributed by atoms with E-state index in [1.807, 2.05) is 54.5 Å². The molecular formula is C94H157F9O3Si3. The number of ether oxygens (including phenoxy) is 1. The molecule has 8 rings (SSSR count). The summed E-state index contributed by atoms with van der Waals surface area (Å²) in [6, 6.07) is 29.3. The second-order valence-electron chi connectivity index (χ2n) is 40.9. The summed E-state index contributed by atoms with van der Waals surface area (Å²) >= 11 is 0. The van der Waals surface area contributed by atoms with Gasteiger partial charge in [0.2, 0.25) is 0 Å². The van der Waals surface area contributed by atoms with E-state index in [1.165, 1.54) is 78.1 Å². The molecule has 4 aromatic rings. The maximum absolute atomic E-state index is 12.7. The van der Waals surface area contributed by atoms with Crippen molar-refractivity contribution in [2.75, 3.05) is 6.61 Å². The average Bonchev–Trinajstić information content (AvgIpc) is 1.66. The van der Waals surface area contributed by atoms with E-state index in [2.05, 4.69) is 237 Å². The first-order chi connectivity index (χ1) is 49.3. The van der Waals surface area contributed by atoms with Crippen LogP contribution in [0.2, 0.25) is 65.0 Å². The van der Waals surface area contributed by atoms with Crippen LogP contribution in [0.4, 0.5) is 39.5 Å². The van der Waals surface area contributed by atoms with Gasteiger partial charge in [-0.1, -0.05) is 300 Å². The SMILES string of the molecule is CC1C2CC(CC(O)(C(F)(F)F)C(F)(F)F)C(C2)C1C.CC1C2CCC(C2)C1C.CCC(C)(C)C(=O)OCCC[Si](C)(C)C.CCC(C)c1cc(C(C)(C)C)cc(C(C)(C)C)c1.CCC(C)c1cc(C)cc(C(F)(F)F)c1.CCC(C)c1cc([Si](C)(C)C)cc([Si](C)(C)C)c1.CCC(C)c1ccc(C(C)(C)C)cc1. The van der Waals surface area contributed by atoms with E-state index >= 15 is 0 Å². The van der Waals surface area contributed by atoms with Crippen molar-refractivity contribution in [2.45, 2.75) is 379 Å². The monoisotopic (exact) mass is 1590 g/mol. The molecule has 4 bridgehead atoms. The normalized spacial score (nSPS) is 22.1. The van der Waals surface area contributed by atoms with E-state index in [0.717, 1.165) is 48.5 Å². The molecule has 4 aliphatic rings. The third-order valence-electron chi connectivity index (χ3n) is 25.4. The summed E-state index contributed by atoms with van der Waals surface area (Å²) in [6.07, 6.45) is -4.87. The minimum absolute atomic E-state index is 0.0550. The maximum atomic E-state index is 12.7. The number of rotatable bonds is 18. The summed E-state index contributed by atoms with van der Waals surface area (Å²) < 4.78 is 119. The molecular weight excluding hydrogens is 1430 g/mol. The molecule has 1 N–H and O–H groups in total. The number of esters is 1. The number of hydrogen-bond donors (Lipinski definition) is 1. The molecule has 0 aliphatic heterocycles. The molecule has 0 spiro atoms. The third kappa shape index (κ3) is 31.1. The Morgan fingerprint density at radius 1 is 0.468 bits per heavy atom. The fourth-order valence-electron chi connectivity index (χ4n) is 15.2. The minimum atomic E-state index is -5.69. The Morgan fingerprint density at radius 3 is 1.17 bits per heavy atom. The predicted octanol–water partition coefficient (Wildman–Crippen LogP) is 29.7. The van der Waals surface area contributed by atoms with Crippen LogP contribution in [-0.2, 0) is 32.0 Å². The number of aryl methyl sites for hydroxylation is 1. The van der Waals surface area contributed by atoms with Gasteiger partial charge in [0.25, 0.3) is 5.60 Å². The van der Waals surface area contributed by atoms with E-state index < -0.39 is 66.3 Å². The van der Waals surface area contributed by atoms with Crippen molar-refractivity contribution in [2.24, 2.45) is 58.7 Å². The zero-order valence-corrected chi connectivity index (χ0v) is 78.1. The lowest BCUT2D eigenvalue weighted by atomic mass is 9.72. The molecule has 15 heteroatoms. The first kappa shape index (κ1) is 101. The van der Waals surface area contributed by atoms with Crippen LogP contribution in [-0.4, -0.2) is 59.9 Å². The Kier molecular flexibility index (Phi) is 37.9. The van der Waals surface area contributed by atoms with Crippen LogP contribution in [0.5, 0.6) is 0 Å². The molecule has 0 amide bonds. The molecule has 0 radical (unpaired) electrons. The van der Waals surface area contributed by atoms with Crippen molar-refractivity contribution in [3.8, 4) is 0 Å². The van der Waals surface area contributed by atoms with E-state index in [0.29, 0.717) is 48.7 Å². The lowest BCUT2D eigenvalue weighted by molar-refractivity contribution is -0.373. The van der Waals surface area contributed by atoms with Crippen molar-refractivity contribution in [1.82, 2.24) is 0 Å². The van der Waals surface area contributed by atoms with Gasteiger partial charge in [0.05, 0.1) is 33.7 Å². The summed E-state index contributed by atoms with van der Waals surface area (Å²) in [5, 5.41) is 12.5. The summed E-state index contributed by atoms with van der Waals surface area (Å²) in [6.45, 7) is 76.9. The smallest absolute Gasteiger partial charge is 0.426 e. The van der Waals surface area contributed by atoms with Crippen molar-refractivity contribution in [3.63, 3.8) is 0 Å². The topological polar surface area (TPSA) is 46.5 Å². The highest BCUT2D eigenvalue weighted by atomic mass is 28.3. The zero-order chi connectivity index (χ0) is 84.7.